The van der Waals surface area contributed by atoms with E-state index in [-0.39, 0.29) is 10.8 Å². The second-order valence-electron chi connectivity index (χ2n) is 10.7. The van der Waals surface area contributed by atoms with Crippen LogP contribution < -0.4 is 4.90 Å². The molecule has 3 nitrogen and oxygen atoms in total. The van der Waals surface area contributed by atoms with E-state index in [2.05, 4.69) is 111 Å². The van der Waals surface area contributed by atoms with Crippen molar-refractivity contribution in [3.8, 4) is 0 Å². The summed E-state index contributed by atoms with van der Waals surface area (Å²) in [6, 6.07) is 17.7. The number of hydrogen-bond donors (Lipinski definition) is 0. The summed E-state index contributed by atoms with van der Waals surface area (Å²) in [5, 5.41) is 0. The van der Waals surface area contributed by atoms with Gasteiger partial charge >= 0.3 is 0 Å². The highest BCUT2D eigenvalue weighted by molar-refractivity contribution is 6.03. The summed E-state index contributed by atoms with van der Waals surface area (Å²) in [5.41, 5.74) is 8.20. The van der Waals surface area contributed by atoms with Crippen molar-refractivity contribution in [3.05, 3.63) is 83.6 Å². The summed E-state index contributed by atoms with van der Waals surface area (Å²) < 4.78 is 7.55. The average Bonchev–Trinajstić information content (AvgIpc) is 3.16. The summed E-state index contributed by atoms with van der Waals surface area (Å²) in [5.74, 6) is 0. The highest BCUT2D eigenvalue weighted by atomic mass is 16.5. The van der Waals surface area contributed by atoms with E-state index in [1.807, 2.05) is 0 Å². The molecule has 0 aromatic heterocycles. The van der Waals surface area contributed by atoms with Gasteiger partial charge in [0.15, 0.2) is 5.71 Å². The normalized spacial score (nSPS) is 19.4. The van der Waals surface area contributed by atoms with E-state index in [4.69, 9.17) is 4.74 Å². The number of fused-ring (bicyclic) bond motifs is 2. The molecule has 2 heterocycles. The molecule has 0 atom stereocenters. The average molecular weight is 458 g/mol. The Balaban J connectivity index is 1.59. The first kappa shape index (κ1) is 24.5. The van der Waals surface area contributed by atoms with Crippen molar-refractivity contribution in [1.29, 1.82) is 0 Å². The predicted octanol–water partition coefficient (Wildman–Crippen LogP) is 7.14. The number of hydrogen-bond acceptors (Lipinski definition) is 2. The maximum absolute atomic E-state index is 5.21. The van der Waals surface area contributed by atoms with E-state index in [0.717, 1.165) is 19.6 Å². The first-order chi connectivity index (χ1) is 16.3. The summed E-state index contributed by atoms with van der Waals surface area (Å²) >= 11 is 0. The van der Waals surface area contributed by atoms with E-state index in [0.29, 0.717) is 0 Å². The minimum absolute atomic E-state index is 0.00357. The third-order valence-electron chi connectivity index (χ3n) is 7.73. The highest BCUT2D eigenvalue weighted by Gasteiger charge is 2.43. The molecule has 180 valence electrons. The number of methoxy groups -OCH3 is 1. The number of unbranched alkanes of at least 4 members (excludes halogenated alkanes) is 3. The van der Waals surface area contributed by atoms with Crippen molar-refractivity contribution < 1.29 is 9.31 Å². The van der Waals surface area contributed by atoms with Gasteiger partial charge in [-0.1, -0.05) is 69.2 Å². The molecular weight excluding hydrogens is 416 g/mol. The van der Waals surface area contributed by atoms with Crippen molar-refractivity contribution in [2.24, 2.45) is 0 Å². The molecule has 4 rings (SSSR count). The zero-order valence-corrected chi connectivity index (χ0v) is 21.9. The Morgan fingerprint density at radius 3 is 2.26 bits per heavy atom. The Morgan fingerprint density at radius 1 is 0.853 bits per heavy atom. The first-order valence-corrected chi connectivity index (χ1v) is 12.8. The van der Waals surface area contributed by atoms with Crippen molar-refractivity contribution in [2.45, 2.75) is 64.2 Å². The van der Waals surface area contributed by atoms with Crippen LogP contribution in [-0.4, -0.2) is 37.6 Å². The minimum Gasteiger partial charge on any atom is -0.385 e. The lowest BCUT2D eigenvalue weighted by atomic mass is 9.81. The van der Waals surface area contributed by atoms with Crippen LogP contribution in [0.2, 0.25) is 0 Å². The summed E-state index contributed by atoms with van der Waals surface area (Å²) in [4.78, 5) is 2.55. The second kappa shape index (κ2) is 9.92. The molecular formula is C31H41N2O+. The van der Waals surface area contributed by atoms with E-state index < -0.39 is 0 Å². The van der Waals surface area contributed by atoms with Gasteiger partial charge in [0.2, 0.25) is 5.69 Å². The van der Waals surface area contributed by atoms with Gasteiger partial charge in [-0.3, -0.25) is 0 Å². The van der Waals surface area contributed by atoms with E-state index >= 15 is 0 Å². The molecule has 0 N–H and O–H groups in total. The van der Waals surface area contributed by atoms with Crippen molar-refractivity contribution in [2.75, 3.05) is 32.2 Å². The molecule has 0 fully saturated rings. The fraction of sp³-hybridized carbons (Fsp3) is 0.452. The van der Waals surface area contributed by atoms with E-state index in [1.165, 1.54) is 53.2 Å². The molecule has 2 aliphatic heterocycles. The van der Waals surface area contributed by atoms with Crippen LogP contribution in [0.4, 0.5) is 11.4 Å². The smallest absolute Gasteiger partial charge is 0.209 e. The van der Waals surface area contributed by atoms with Crippen LogP contribution in [0.1, 0.15) is 64.5 Å². The Hall–Kier alpha value is -2.65. The summed E-state index contributed by atoms with van der Waals surface area (Å²) in [6.45, 7) is 11.3. The van der Waals surface area contributed by atoms with Crippen LogP contribution in [0.5, 0.6) is 0 Å². The maximum atomic E-state index is 5.21. The molecule has 0 amide bonds. The monoisotopic (exact) mass is 457 g/mol. The van der Waals surface area contributed by atoms with Gasteiger partial charge < -0.3 is 9.64 Å². The van der Waals surface area contributed by atoms with E-state index in [1.54, 1.807) is 7.11 Å². The molecule has 0 saturated heterocycles. The molecule has 0 aliphatic carbocycles. The van der Waals surface area contributed by atoms with Crippen LogP contribution in [0, 0.1) is 0 Å². The molecule has 34 heavy (non-hydrogen) atoms. The molecule has 0 spiro atoms. The van der Waals surface area contributed by atoms with Gasteiger partial charge in [-0.2, -0.15) is 4.58 Å². The van der Waals surface area contributed by atoms with Crippen molar-refractivity contribution in [3.63, 3.8) is 0 Å². The SMILES string of the molecule is COCCCCCCN1C(=CC=CC2=[N+](C)c3ccccc3C2(C)C)C(C)(C)c2ccccc21. The van der Waals surface area contributed by atoms with Gasteiger partial charge in [0.05, 0.1) is 5.41 Å². The number of para-hydroxylation sites is 2. The number of nitrogens with zero attached hydrogens (tertiary/aromatic N) is 2. The van der Waals surface area contributed by atoms with Crippen LogP contribution >= 0.6 is 0 Å². The third-order valence-corrected chi connectivity index (χ3v) is 7.73. The predicted molar refractivity (Wildman–Crippen MR) is 145 cm³/mol. The lowest BCUT2D eigenvalue weighted by Crippen LogP contribution is -2.27. The lowest BCUT2D eigenvalue weighted by Gasteiger charge is -2.27. The van der Waals surface area contributed by atoms with Gasteiger partial charge in [0.1, 0.15) is 7.05 Å². The minimum atomic E-state index is -0.0122. The molecule has 0 bridgehead atoms. The molecule has 3 heteroatoms. The second-order valence-corrected chi connectivity index (χ2v) is 10.7. The largest absolute Gasteiger partial charge is 0.385 e. The van der Waals surface area contributed by atoms with Gasteiger partial charge in [-0.15, -0.1) is 0 Å². The molecule has 0 saturated carbocycles. The van der Waals surface area contributed by atoms with Gasteiger partial charge in [0.25, 0.3) is 0 Å². The van der Waals surface area contributed by atoms with Crippen LogP contribution in [0.3, 0.4) is 0 Å². The molecule has 2 aliphatic rings. The molecule has 0 radical (unpaired) electrons. The fourth-order valence-electron chi connectivity index (χ4n) is 5.78. The Kier molecular flexibility index (Phi) is 7.14. The molecule has 2 aromatic carbocycles. The molecule has 0 unspecified atom stereocenters. The fourth-order valence-corrected chi connectivity index (χ4v) is 5.78. The van der Waals surface area contributed by atoms with Crippen molar-refractivity contribution >= 4 is 17.1 Å². The zero-order valence-electron chi connectivity index (χ0n) is 21.9. The summed E-state index contributed by atoms with van der Waals surface area (Å²) in [7, 11) is 3.97. The topological polar surface area (TPSA) is 15.5 Å². The quantitative estimate of drug-likeness (QED) is 0.294. The lowest BCUT2D eigenvalue weighted by molar-refractivity contribution is -0.401. The third kappa shape index (κ3) is 4.38. The number of anilines is 1. The Bertz CT molecular complexity index is 1120. The van der Waals surface area contributed by atoms with Gasteiger partial charge in [-0.25, -0.2) is 0 Å². The number of rotatable bonds is 9. The maximum Gasteiger partial charge on any atom is 0.209 e. The van der Waals surface area contributed by atoms with Crippen LogP contribution in [-0.2, 0) is 15.6 Å². The zero-order chi connectivity index (χ0) is 24.3. The van der Waals surface area contributed by atoms with Crippen LogP contribution in [0.15, 0.2) is 72.5 Å². The van der Waals surface area contributed by atoms with Crippen molar-refractivity contribution in [1.82, 2.24) is 0 Å². The van der Waals surface area contributed by atoms with Crippen LogP contribution in [0.25, 0.3) is 0 Å². The summed E-state index contributed by atoms with van der Waals surface area (Å²) in [6.07, 6.45) is 11.7. The van der Waals surface area contributed by atoms with Gasteiger partial charge in [0, 0.05) is 54.8 Å². The van der Waals surface area contributed by atoms with E-state index in [9.17, 15) is 0 Å². The number of allylic oxidation sites excluding steroid dienone is 4. The van der Waals surface area contributed by atoms with Gasteiger partial charge in [-0.05, 0) is 44.4 Å². The Morgan fingerprint density at radius 2 is 1.53 bits per heavy atom. The molecule has 2 aromatic rings. The highest BCUT2D eigenvalue weighted by Crippen LogP contribution is 2.47. The standard InChI is InChI=1S/C31H41N2O/c1-30(2)24-16-9-11-18-26(24)32(5)28(30)20-15-21-29-31(3,4)25-17-10-12-19-27(25)33(29)22-13-7-8-14-23-34-6/h9-12,15-21H,7-8,13-14,22-23H2,1-6H3/q+1. The number of benzene rings is 2. The number of ether oxygens (including phenoxy) is 1. The Labute approximate surface area is 206 Å². The first-order valence-electron chi connectivity index (χ1n) is 12.8.